The molecular weight excluding hydrogens is 262 g/mol. The maximum absolute atomic E-state index is 12.2. The summed E-state index contributed by atoms with van der Waals surface area (Å²) >= 11 is 0. The Morgan fingerprint density at radius 1 is 1.33 bits per heavy atom. The molecule has 1 fully saturated rings. The molecule has 1 aromatic heterocycles. The van der Waals surface area contributed by atoms with E-state index in [1.54, 1.807) is 0 Å². The number of carbonyl (C=O) groups is 1. The molecule has 0 radical (unpaired) electrons. The fourth-order valence-electron chi connectivity index (χ4n) is 3.04. The summed E-state index contributed by atoms with van der Waals surface area (Å²) in [5.74, 6) is 0.791. The first kappa shape index (κ1) is 14.1. The molecule has 4 nitrogen and oxygen atoms in total. The second kappa shape index (κ2) is 6.31. The van der Waals surface area contributed by atoms with Crippen molar-refractivity contribution in [2.75, 3.05) is 26.7 Å². The number of nitrogens with one attached hydrogen (secondary N) is 2. The van der Waals surface area contributed by atoms with Crippen LogP contribution in [0, 0.1) is 5.92 Å². The van der Waals surface area contributed by atoms with Crippen molar-refractivity contribution in [1.82, 2.24) is 15.2 Å². The fraction of sp³-hybridized carbons (Fsp3) is 0.471. The number of hydrogen-bond donors (Lipinski definition) is 2. The van der Waals surface area contributed by atoms with Gasteiger partial charge in [-0.3, -0.25) is 4.79 Å². The zero-order valence-electron chi connectivity index (χ0n) is 12.6. The van der Waals surface area contributed by atoms with Gasteiger partial charge in [0.25, 0.3) is 5.91 Å². The minimum Gasteiger partial charge on any atom is -0.361 e. The van der Waals surface area contributed by atoms with Gasteiger partial charge in [-0.05, 0) is 69.6 Å². The quantitative estimate of drug-likeness (QED) is 0.907. The predicted molar refractivity (Wildman–Crippen MR) is 85.5 cm³/mol. The second-order valence-corrected chi connectivity index (χ2v) is 6.07. The molecule has 112 valence electrons. The third kappa shape index (κ3) is 3.45. The number of likely N-dealkylation sites (tertiary alicyclic amines) is 1. The molecule has 2 aromatic rings. The van der Waals surface area contributed by atoms with Crippen molar-refractivity contribution in [2.45, 2.75) is 19.3 Å². The smallest absolute Gasteiger partial charge is 0.251 e. The van der Waals surface area contributed by atoms with Gasteiger partial charge in [-0.15, -0.1) is 0 Å². The number of aromatic amines is 1. The van der Waals surface area contributed by atoms with E-state index in [0.717, 1.165) is 35.3 Å². The zero-order chi connectivity index (χ0) is 14.7. The van der Waals surface area contributed by atoms with E-state index >= 15 is 0 Å². The first-order chi connectivity index (χ1) is 10.2. The SMILES string of the molecule is CN1CCC(CCNC(=O)c2ccc3[nH]ccc3c2)CC1. The topological polar surface area (TPSA) is 48.1 Å². The van der Waals surface area contributed by atoms with E-state index in [2.05, 4.69) is 22.2 Å². The molecule has 0 aliphatic carbocycles. The molecule has 1 amide bonds. The summed E-state index contributed by atoms with van der Waals surface area (Å²) in [7, 11) is 2.18. The van der Waals surface area contributed by atoms with Gasteiger partial charge in [0.15, 0.2) is 0 Å². The Hall–Kier alpha value is -1.81. The zero-order valence-corrected chi connectivity index (χ0v) is 12.6. The molecule has 1 aromatic carbocycles. The van der Waals surface area contributed by atoms with Crippen LogP contribution in [0.4, 0.5) is 0 Å². The minimum atomic E-state index is 0.0334. The van der Waals surface area contributed by atoms with Gasteiger partial charge in [-0.2, -0.15) is 0 Å². The number of amides is 1. The fourth-order valence-corrected chi connectivity index (χ4v) is 3.04. The predicted octanol–water partition coefficient (Wildman–Crippen LogP) is 2.63. The highest BCUT2D eigenvalue weighted by molar-refractivity contribution is 5.98. The normalized spacial score (nSPS) is 17.2. The van der Waals surface area contributed by atoms with Gasteiger partial charge in [-0.1, -0.05) is 0 Å². The number of nitrogens with zero attached hydrogens (tertiary/aromatic N) is 1. The highest BCUT2D eigenvalue weighted by atomic mass is 16.1. The molecule has 0 atom stereocenters. The second-order valence-electron chi connectivity index (χ2n) is 6.07. The molecule has 2 heterocycles. The third-order valence-electron chi connectivity index (χ3n) is 4.49. The average molecular weight is 285 g/mol. The van der Waals surface area contributed by atoms with Crippen LogP contribution in [-0.2, 0) is 0 Å². The number of H-pyrrole nitrogens is 1. The van der Waals surface area contributed by atoms with Crippen LogP contribution in [0.2, 0.25) is 0 Å². The Morgan fingerprint density at radius 3 is 2.95 bits per heavy atom. The molecule has 0 spiro atoms. The summed E-state index contributed by atoms with van der Waals surface area (Å²) in [6.07, 6.45) is 5.49. The summed E-state index contributed by atoms with van der Waals surface area (Å²) in [5, 5.41) is 4.13. The van der Waals surface area contributed by atoms with Crippen LogP contribution in [0.25, 0.3) is 10.9 Å². The van der Waals surface area contributed by atoms with E-state index in [1.165, 1.54) is 25.9 Å². The Labute approximate surface area is 125 Å². The lowest BCUT2D eigenvalue weighted by atomic mass is 9.94. The maximum Gasteiger partial charge on any atom is 0.251 e. The average Bonchev–Trinajstić information content (AvgIpc) is 2.96. The summed E-state index contributed by atoms with van der Waals surface area (Å²) < 4.78 is 0. The van der Waals surface area contributed by atoms with Gasteiger partial charge < -0.3 is 15.2 Å². The van der Waals surface area contributed by atoms with Crippen LogP contribution in [0.3, 0.4) is 0 Å². The van der Waals surface area contributed by atoms with Crippen molar-refractivity contribution >= 4 is 16.8 Å². The molecule has 4 heteroatoms. The first-order valence-electron chi connectivity index (χ1n) is 7.76. The van der Waals surface area contributed by atoms with Crippen LogP contribution in [0.15, 0.2) is 30.5 Å². The molecule has 1 aliphatic rings. The third-order valence-corrected chi connectivity index (χ3v) is 4.49. The standard InChI is InChI=1S/C17H23N3O/c1-20-10-6-13(7-11-20)4-8-19-17(21)15-2-3-16-14(12-15)5-9-18-16/h2-3,5,9,12-13,18H,4,6-8,10-11H2,1H3,(H,19,21). The largest absolute Gasteiger partial charge is 0.361 e. The molecule has 1 aliphatic heterocycles. The van der Waals surface area contributed by atoms with Gasteiger partial charge in [-0.25, -0.2) is 0 Å². The van der Waals surface area contributed by atoms with Crippen molar-refractivity contribution in [3.05, 3.63) is 36.0 Å². The Kier molecular flexibility index (Phi) is 4.25. The monoisotopic (exact) mass is 285 g/mol. The lowest BCUT2D eigenvalue weighted by molar-refractivity contribution is 0.0949. The Morgan fingerprint density at radius 2 is 2.14 bits per heavy atom. The van der Waals surface area contributed by atoms with E-state index in [-0.39, 0.29) is 5.91 Å². The van der Waals surface area contributed by atoms with Crippen LogP contribution in [0.5, 0.6) is 0 Å². The van der Waals surface area contributed by atoms with Gasteiger partial charge >= 0.3 is 0 Å². The van der Waals surface area contributed by atoms with Gasteiger partial charge in [0.2, 0.25) is 0 Å². The van der Waals surface area contributed by atoms with Gasteiger partial charge in [0.1, 0.15) is 0 Å². The number of aromatic nitrogens is 1. The summed E-state index contributed by atoms with van der Waals surface area (Å²) in [5.41, 5.74) is 1.81. The minimum absolute atomic E-state index is 0.0334. The molecular formula is C17H23N3O. The van der Waals surface area contributed by atoms with E-state index in [1.807, 2.05) is 30.5 Å². The van der Waals surface area contributed by atoms with Gasteiger partial charge in [0, 0.05) is 29.2 Å². The highest BCUT2D eigenvalue weighted by Gasteiger charge is 2.16. The molecule has 0 unspecified atom stereocenters. The molecule has 0 bridgehead atoms. The number of fused-ring (bicyclic) bond motifs is 1. The van der Waals surface area contributed by atoms with Crippen LogP contribution >= 0.6 is 0 Å². The number of rotatable bonds is 4. The first-order valence-corrected chi connectivity index (χ1v) is 7.76. The van der Waals surface area contributed by atoms with Crippen LogP contribution < -0.4 is 5.32 Å². The number of hydrogen-bond acceptors (Lipinski definition) is 2. The molecule has 1 saturated heterocycles. The van der Waals surface area contributed by atoms with E-state index in [9.17, 15) is 4.79 Å². The van der Waals surface area contributed by atoms with Crippen molar-refractivity contribution in [2.24, 2.45) is 5.92 Å². The molecule has 3 rings (SSSR count). The lowest BCUT2D eigenvalue weighted by Crippen LogP contribution is -2.32. The van der Waals surface area contributed by atoms with Crippen molar-refractivity contribution in [3.63, 3.8) is 0 Å². The Bertz CT molecular complexity index is 611. The van der Waals surface area contributed by atoms with E-state index in [0.29, 0.717) is 0 Å². The summed E-state index contributed by atoms with van der Waals surface area (Å²) in [6, 6.07) is 7.77. The summed E-state index contributed by atoms with van der Waals surface area (Å²) in [4.78, 5) is 17.7. The highest BCUT2D eigenvalue weighted by Crippen LogP contribution is 2.19. The van der Waals surface area contributed by atoms with E-state index in [4.69, 9.17) is 0 Å². The number of carbonyl (C=O) groups excluding carboxylic acids is 1. The lowest BCUT2D eigenvalue weighted by Gasteiger charge is -2.28. The van der Waals surface area contributed by atoms with Crippen LogP contribution in [0.1, 0.15) is 29.6 Å². The van der Waals surface area contributed by atoms with Crippen molar-refractivity contribution < 1.29 is 4.79 Å². The maximum atomic E-state index is 12.2. The molecule has 2 N–H and O–H groups in total. The van der Waals surface area contributed by atoms with E-state index < -0.39 is 0 Å². The van der Waals surface area contributed by atoms with Crippen LogP contribution in [-0.4, -0.2) is 42.5 Å². The Balaban J connectivity index is 1.49. The van der Waals surface area contributed by atoms with Crippen molar-refractivity contribution in [3.8, 4) is 0 Å². The molecule has 21 heavy (non-hydrogen) atoms. The van der Waals surface area contributed by atoms with Crippen molar-refractivity contribution in [1.29, 1.82) is 0 Å². The number of benzene rings is 1. The molecule has 0 saturated carbocycles. The summed E-state index contributed by atoms with van der Waals surface area (Å²) in [6.45, 7) is 3.14. The van der Waals surface area contributed by atoms with Gasteiger partial charge in [0.05, 0.1) is 0 Å². The number of piperidine rings is 1.